The van der Waals surface area contributed by atoms with Gasteiger partial charge in [-0.2, -0.15) is 0 Å². The third kappa shape index (κ3) is 3.23. The van der Waals surface area contributed by atoms with Crippen LogP contribution in [-0.4, -0.2) is 17.7 Å². The van der Waals surface area contributed by atoms with E-state index in [2.05, 4.69) is 15.9 Å². The number of hydrogen-bond donors (Lipinski definition) is 1. The van der Waals surface area contributed by atoms with Crippen molar-refractivity contribution in [2.24, 2.45) is 5.92 Å². The molecule has 0 saturated carbocycles. The number of rotatable bonds is 4. The Balaban J connectivity index is 2.96. The molecular formula is C11H13BrO3. The highest BCUT2D eigenvalue weighted by atomic mass is 79.9. The first-order valence-electron chi connectivity index (χ1n) is 4.67. The Hall–Kier alpha value is -1.03. The van der Waals surface area contributed by atoms with Crippen LogP contribution in [0.2, 0.25) is 0 Å². The topological polar surface area (TPSA) is 46.5 Å². The smallest absolute Gasteiger partial charge is 0.340 e. The summed E-state index contributed by atoms with van der Waals surface area (Å²) in [6.07, 6.45) is 0. The second kappa shape index (κ2) is 5.16. The molecular weight excluding hydrogens is 260 g/mol. The summed E-state index contributed by atoms with van der Waals surface area (Å²) in [5, 5.41) is 9.00. The van der Waals surface area contributed by atoms with Crippen LogP contribution in [-0.2, 0) is 0 Å². The van der Waals surface area contributed by atoms with Crippen LogP contribution in [0.1, 0.15) is 24.2 Å². The third-order valence-electron chi connectivity index (χ3n) is 1.76. The van der Waals surface area contributed by atoms with Crippen LogP contribution < -0.4 is 4.74 Å². The fraction of sp³-hybridized carbons (Fsp3) is 0.364. The number of carbonyl (C=O) groups is 1. The average molecular weight is 273 g/mol. The summed E-state index contributed by atoms with van der Waals surface area (Å²) >= 11 is 3.19. The van der Waals surface area contributed by atoms with Crippen molar-refractivity contribution in [2.75, 3.05) is 6.61 Å². The molecule has 0 aliphatic carbocycles. The summed E-state index contributed by atoms with van der Waals surface area (Å²) < 4.78 is 5.97. The Bertz CT molecular complexity index is 361. The van der Waals surface area contributed by atoms with Crippen molar-refractivity contribution in [3.8, 4) is 5.75 Å². The van der Waals surface area contributed by atoms with Crippen LogP contribution in [0.5, 0.6) is 5.75 Å². The maximum Gasteiger partial charge on any atom is 0.340 e. The van der Waals surface area contributed by atoms with E-state index < -0.39 is 5.97 Å². The van der Waals surface area contributed by atoms with Crippen molar-refractivity contribution in [2.45, 2.75) is 13.8 Å². The zero-order chi connectivity index (χ0) is 11.4. The zero-order valence-corrected chi connectivity index (χ0v) is 10.2. The van der Waals surface area contributed by atoms with Gasteiger partial charge in [-0.1, -0.05) is 19.9 Å². The van der Waals surface area contributed by atoms with Gasteiger partial charge in [0.25, 0.3) is 0 Å². The van der Waals surface area contributed by atoms with E-state index >= 15 is 0 Å². The normalized spacial score (nSPS) is 10.4. The standard InChI is InChI=1S/C11H13BrO3/c1-7(2)6-15-9-5-3-4-8(12)10(9)11(13)14/h3-5,7H,6H2,1-2H3,(H,13,14). The molecule has 0 heterocycles. The highest BCUT2D eigenvalue weighted by Crippen LogP contribution is 2.27. The van der Waals surface area contributed by atoms with E-state index in [0.717, 1.165) is 0 Å². The van der Waals surface area contributed by atoms with E-state index in [4.69, 9.17) is 9.84 Å². The van der Waals surface area contributed by atoms with Crippen LogP contribution in [0.15, 0.2) is 22.7 Å². The van der Waals surface area contributed by atoms with Crippen molar-refractivity contribution in [1.29, 1.82) is 0 Å². The van der Waals surface area contributed by atoms with Crippen molar-refractivity contribution in [1.82, 2.24) is 0 Å². The highest BCUT2D eigenvalue weighted by Gasteiger charge is 2.15. The van der Waals surface area contributed by atoms with Gasteiger partial charge in [0, 0.05) is 4.47 Å². The zero-order valence-electron chi connectivity index (χ0n) is 8.66. The number of benzene rings is 1. The van der Waals surface area contributed by atoms with Gasteiger partial charge in [0.05, 0.1) is 6.61 Å². The molecule has 1 N–H and O–H groups in total. The van der Waals surface area contributed by atoms with Gasteiger partial charge >= 0.3 is 5.97 Å². The average Bonchev–Trinajstić information content (AvgIpc) is 2.13. The first kappa shape index (κ1) is 12.0. The molecule has 0 bridgehead atoms. The van der Waals surface area contributed by atoms with E-state index in [1.807, 2.05) is 13.8 Å². The minimum absolute atomic E-state index is 0.179. The number of halogens is 1. The van der Waals surface area contributed by atoms with Gasteiger partial charge in [-0.25, -0.2) is 4.79 Å². The number of aromatic carboxylic acids is 1. The Morgan fingerprint density at radius 1 is 1.53 bits per heavy atom. The Labute approximate surface area is 97.2 Å². The Morgan fingerprint density at radius 3 is 2.73 bits per heavy atom. The van der Waals surface area contributed by atoms with E-state index in [1.54, 1.807) is 18.2 Å². The fourth-order valence-electron chi connectivity index (χ4n) is 1.09. The Morgan fingerprint density at radius 2 is 2.20 bits per heavy atom. The van der Waals surface area contributed by atoms with Crippen molar-refractivity contribution in [3.05, 3.63) is 28.2 Å². The Kier molecular flexibility index (Phi) is 4.15. The molecule has 0 unspecified atom stereocenters. The molecule has 0 atom stereocenters. The molecule has 0 radical (unpaired) electrons. The van der Waals surface area contributed by atoms with Crippen molar-refractivity contribution >= 4 is 21.9 Å². The quantitative estimate of drug-likeness (QED) is 0.916. The summed E-state index contributed by atoms with van der Waals surface area (Å²) in [5.41, 5.74) is 0.179. The minimum atomic E-state index is -0.985. The van der Waals surface area contributed by atoms with Gasteiger partial charge in [-0.3, -0.25) is 0 Å². The van der Waals surface area contributed by atoms with Crippen LogP contribution in [0, 0.1) is 5.92 Å². The molecule has 1 aromatic rings. The minimum Gasteiger partial charge on any atom is -0.492 e. The van der Waals surface area contributed by atoms with Gasteiger partial charge in [-0.15, -0.1) is 0 Å². The number of carboxylic acids is 1. The summed E-state index contributed by atoms with van der Waals surface area (Å²) in [7, 11) is 0. The lowest BCUT2D eigenvalue weighted by atomic mass is 10.2. The predicted molar refractivity (Wildman–Crippen MR) is 61.4 cm³/mol. The van der Waals surface area contributed by atoms with E-state index in [0.29, 0.717) is 22.7 Å². The van der Waals surface area contributed by atoms with Crippen LogP contribution >= 0.6 is 15.9 Å². The van der Waals surface area contributed by atoms with E-state index in [1.165, 1.54) is 0 Å². The molecule has 0 aliphatic heterocycles. The van der Waals surface area contributed by atoms with Crippen LogP contribution in [0.25, 0.3) is 0 Å². The summed E-state index contributed by atoms with van der Waals surface area (Å²) in [6.45, 7) is 4.54. The molecule has 0 aromatic heterocycles. The second-order valence-corrected chi connectivity index (χ2v) is 4.48. The van der Waals surface area contributed by atoms with Crippen LogP contribution in [0.3, 0.4) is 0 Å². The van der Waals surface area contributed by atoms with Gasteiger partial charge in [0.1, 0.15) is 11.3 Å². The number of carboxylic acid groups (broad SMARTS) is 1. The predicted octanol–water partition coefficient (Wildman–Crippen LogP) is 3.18. The fourth-order valence-corrected chi connectivity index (χ4v) is 1.61. The first-order valence-corrected chi connectivity index (χ1v) is 5.46. The maximum absolute atomic E-state index is 11.0. The molecule has 0 amide bonds. The number of ether oxygens (including phenoxy) is 1. The molecule has 0 aliphatic rings. The molecule has 82 valence electrons. The lowest BCUT2D eigenvalue weighted by molar-refractivity contribution is 0.0690. The lowest BCUT2D eigenvalue weighted by Crippen LogP contribution is -2.08. The highest BCUT2D eigenvalue weighted by molar-refractivity contribution is 9.10. The van der Waals surface area contributed by atoms with E-state index in [-0.39, 0.29) is 5.56 Å². The largest absolute Gasteiger partial charge is 0.492 e. The third-order valence-corrected chi connectivity index (χ3v) is 2.42. The molecule has 0 spiro atoms. The lowest BCUT2D eigenvalue weighted by Gasteiger charge is -2.11. The molecule has 1 rings (SSSR count). The molecule has 15 heavy (non-hydrogen) atoms. The van der Waals surface area contributed by atoms with Gasteiger partial charge in [-0.05, 0) is 34.0 Å². The molecule has 0 fully saturated rings. The molecule has 0 saturated heterocycles. The van der Waals surface area contributed by atoms with Crippen molar-refractivity contribution < 1.29 is 14.6 Å². The SMILES string of the molecule is CC(C)COc1cccc(Br)c1C(=O)O. The van der Waals surface area contributed by atoms with Gasteiger partial charge < -0.3 is 9.84 Å². The number of hydrogen-bond acceptors (Lipinski definition) is 2. The van der Waals surface area contributed by atoms with E-state index in [9.17, 15) is 4.79 Å². The maximum atomic E-state index is 11.0. The van der Waals surface area contributed by atoms with Gasteiger partial charge in [0.15, 0.2) is 0 Å². The summed E-state index contributed by atoms with van der Waals surface area (Å²) in [4.78, 5) is 11.0. The summed E-state index contributed by atoms with van der Waals surface area (Å²) in [5.74, 6) is -0.211. The second-order valence-electron chi connectivity index (χ2n) is 3.62. The summed E-state index contributed by atoms with van der Waals surface area (Å²) in [6, 6.07) is 5.11. The van der Waals surface area contributed by atoms with Gasteiger partial charge in [0.2, 0.25) is 0 Å². The monoisotopic (exact) mass is 272 g/mol. The first-order chi connectivity index (χ1) is 7.02. The molecule has 1 aromatic carbocycles. The molecule has 4 heteroatoms. The van der Waals surface area contributed by atoms with Crippen molar-refractivity contribution in [3.63, 3.8) is 0 Å². The van der Waals surface area contributed by atoms with Crippen LogP contribution in [0.4, 0.5) is 0 Å². The molecule has 3 nitrogen and oxygen atoms in total.